The summed E-state index contributed by atoms with van der Waals surface area (Å²) < 4.78 is 0. The van der Waals surface area contributed by atoms with Crippen molar-refractivity contribution in [1.29, 1.82) is 0 Å². The smallest absolute Gasteiger partial charge is 0.159 e. The lowest BCUT2D eigenvalue weighted by Gasteiger charge is -2.28. The summed E-state index contributed by atoms with van der Waals surface area (Å²) in [6.45, 7) is 2.62. The lowest BCUT2D eigenvalue weighted by Crippen LogP contribution is -2.31. The van der Waals surface area contributed by atoms with E-state index < -0.39 is 0 Å². The van der Waals surface area contributed by atoms with E-state index in [1.165, 1.54) is 11.1 Å². The third-order valence-electron chi connectivity index (χ3n) is 5.40. The molecule has 1 aliphatic heterocycles. The Morgan fingerprint density at radius 1 is 0.871 bits per heavy atom. The minimum absolute atomic E-state index is 0.534. The first-order valence-electron chi connectivity index (χ1n) is 10.0. The van der Waals surface area contributed by atoms with Crippen LogP contribution in [0, 0.1) is 0 Å². The molecular formula is C24H19Cl2N5. The van der Waals surface area contributed by atoms with E-state index in [9.17, 15) is 0 Å². The van der Waals surface area contributed by atoms with Crippen molar-refractivity contribution >= 4 is 23.2 Å². The topological polar surface area (TPSA) is 54.8 Å². The molecule has 154 valence electrons. The fourth-order valence-electron chi connectivity index (χ4n) is 3.75. The molecule has 31 heavy (non-hydrogen) atoms. The minimum Gasteiger partial charge on any atom is -0.294 e. The molecular weight excluding hydrogens is 429 g/mol. The van der Waals surface area contributed by atoms with E-state index in [1.807, 2.05) is 42.7 Å². The Morgan fingerprint density at radius 2 is 1.74 bits per heavy atom. The summed E-state index contributed by atoms with van der Waals surface area (Å²) in [6, 6.07) is 13.6. The van der Waals surface area contributed by atoms with Gasteiger partial charge in [-0.2, -0.15) is 0 Å². The molecule has 0 unspecified atom stereocenters. The van der Waals surface area contributed by atoms with Gasteiger partial charge in [0.1, 0.15) is 0 Å². The fourth-order valence-corrected chi connectivity index (χ4v) is 4.05. The van der Waals surface area contributed by atoms with Gasteiger partial charge in [-0.25, -0.2) is 9.97 Å². The van der Waals surface area contributed by atoms with Crippen molar-refractivity contribution in [3.63, 3.8) is 0 Å². The predicted molar refractivity (Wildman–Crippen MR) is 123 cm³/mol. The average Bonchev–Trinajstić information content (AvgIpc) is 2.82. The number of pyridine rings is 2. The Hall–Kier alpha value is -2.86. The third-order valence-corrected chi connectivity index (χ3v) is 6.14. The molecule has 0 radical (unpaired) electrons. The number of hydrogen-bond donors (Lipinski definition) is 0. The van der Waals surface area contributed by atoms with E-state index >= 15 is 0 Å². The van der Waals surface area contributed by atoms with Crippen LogP contribution in [0.15, 0.2) is 67.3 Å². The zero-order valence-corrected chi connectivity index (χ0v) is 18.2. The Labute approximate surface area is 190 Å². The van der Waals surface area contributed by atoms with Crippen molar-refractivity contribution in [2.45, 2.75) is 19.5 Å². The number of halogens is 2. The number of nitrogens with zero attached hydrogens (tertiary/aromatic N) is 5. The highest BCUT2D eigenvalue weighted by atomic mass is 35.5. The van der Waals surface area contributed by atoms with Crippen LogP contribution in [0.5, 0.6) is 0 Å². The molecule has 0 atom stereocenters. The Morgan fingerprint density at radius 3 is 2.52 bits per heavy atom. The number of rotatable bonds is 4. The van der Waals surface area contributed by atoms with Crippen molar-refractivity contribution in [2.75, 3.05) is 6.54 Å². The maximum absolute atomic E-state index is 6.13. The van der Waals surface area contributed by atoms with Gasteiger partial charge in [0.15, 0.2) is 5.82 Å². The predicted octanol–water partition coefficient (Wildman–Crippen LogP) is 5.47. The fraction of sp³-hybridized carbons (Fsp3) is 0.167. The zero-order chi connectivity index (χ0) is 21.2. The van der Waals surface area contributed by atoms with Gasteiger partial charge < -0.3 is 0 Å². The van der Waals surface area contributed by atoms with E-state index in [1.54, 1.807) is 18.5 Å². The Balaban J connectivity index is 1.27. The third kappa shape index (κ3) is 4.44. The van der Waals surface area contributed by atoms with Crippen LogP contribution in [0.4, 0.5) is 0 Å². The van der Waals surface area contributed by atoms with E-state index in [0.717, 1.165) is 54.4 Å². The molecule has 0 fully saturated rings. The van der Waals surface area contributed by atoms with Crippen LogP contribution in [-0.2, 0) is 19.5 Å². The van der Waals surface area contributed by atoms with Crippen LogP contribution in [0.3, 0.4) is 0 Å². The van der Waals surface area contributed by atoms with E-state index in [0.29, 0.717) is 10.0 Å². The van der Waals surface area contributed by atoms with Crippen LogP contribution in [0.1, 0.15) is 16.8 Å². The van der Waals surface area contributed by atoms with Gasteiger partial charge in [0, 0.05) is 67.5 Å². The average molecular weight is 448 g/mol. The van der Waals surface area contributed by atoms with Crippen LogP contribution < -0.4 is 0 Å². The first-order chi connectivity index (χ1) is 15.2. The SMILES string of the molecule is Clc1ccc(-c2ccc(CN3CCc4nc(-c5ccncc5)ncc4C3)cn2)cc1Cl. The second kappa shape index (κ2) is 8.71. The Bertz CT molecular complexity index is 1210. The molecule has 5 rings (SSSR count). The molecule has 7 heteroatoms. The van der Waals surface area contributed by atoms with Gasteiger partial charge in [-0.3, -0.25) is 14.9 Å². The maximum atomic E-state index is 6.13. The van der Waals surface area contributed by atoms with Crippen molar-refractivity contribution in [2.24, 2.45) is 0 Å². The van der Waals surface area contributed by atoms with Crippen LogP contribution in [-0.4, -0.2) is 31.4 Å². The summed E-state index contributed by atoms with van der Waals surface area (Å²) in [5, 5.41) is 1.08. The molecule has 1 aromatic carbocycles. The minimum atomic E-state index is 0.534. The van der Waals surface area contributed by atoms with Crippen molar-refractivity contribution in [1.82, 2.24) is 24.8 Å². The summed E-state index contributed by atoms with van der Waals surface area (Å²) in [6.07, 6.45) is 8.32. The molecule has 4 aromatic rings. The molecule has 1 aliphatic rings. The molecule has 0 saturated heterocycles. The van der Waals surface area contributed by atoms with E-state index in [4.69, 9.17) is 28.2 Å². The van der Waals surface area contributed by atoms with E-state index in [-0.39, 0.29) is 0 Å². The molecule has 4 heterocycles. The van der Waals surface area contributed by atoms with Gasteiger partial charge >= 0.3 is 0 Å². The van der Waals surface area contributed by atoms with Gasteiger partial charge in [-0.05, 0) is 35.9 Å². The zero-order valence-electron chi connectivity index (χ0n) is 16.7. The van der Waals surface area contributed by atoms with Gasteiger partial charge in [0.05, 0.1) is 21.4 Å². The number of hydrogen-bond acceptors (Lipinski definition) is 5. The summed E-state index contributed by atoms with van der Waals surface area (Å²) >= 11 is 12.1. The molecule has 0 bridgehead atoms. The summed E-state index contributed by atoms with van der Waals surface area (Å²) in [5.74, 6) is 0.761. The molecule has 0 N–H and O–H groups in total. The van der Waals surface area contributed by atoms with Gasteiger partial charge in [0.2, 0.25) is 0 Å². The normalized spacial score (nSPS) is 13.7. The molecule has 0 amide bonds. The first-order valence-corrected chi connectivity index (χ1v) is 10.8. The summed E-state index contributed by atoms with van der Waals surface area (Å²) in [5.41, 5.74) is 6.31. The molecule has 0 saturated carbocycles. The highest BCUT2D eigenvalue weighted by molar-refractivity contribution is 6.42. The van der Waals surface area contributed by atoms with Gasteiger partial charge in [-0.1, -0.05) is 35.3 Å². The number of aromatic nitrogens is 4. The number of fused-ring (bicyclic) bond motifs is 1. The highest BCUT2D eigenvalue weighted by Crippen LogP contribution is 2.28. The number of benzene rings is 1. The lowest BCUT2D eigenvalue weighted by molar-refractivity contribution is 0.242. The molecule has 0 spiro atoms. The maximum Gasteiger partial charge on any atom is 0.159 e. The van der Waals surface area contributed by atoms with Crippen molar-refractivity contribution < 1.29 is 0 Å². The Kier molecular flexibility index (Phi) is 5.64. The second-order valence-electron chi connectivity index (χ2n) is 7.54. The monoisotopic (exact) mass is 447 g/mol. The quantitative estimate of drug-likeness (QED) is 0.415. The highest BCUT2D eigenvalue weighted by Gasteiger charge is 2.19. The van der Waals surface area contributed by atoms with Crippen LogP contribution >= 0.6 is 23.2 Å². The van der Waals surface area contributed by atoms with Crippen molar-refractivity contribution in [3.8, 4) is 22.6 Å². The van der Waals surface area contributed by atoms with E-state index in [2.05, 4.69) is 25.9 Å². The van der Waals surface area contributed by atoms with Crippen LogP contribution in [0.2, 0.25) is 10.0 Å². The van der Waals surface area contributed by atoms with Gasteiger partial charge in [-0.15, -0.1) is 0 Å². The summed E-state index contributed by atoms with van der Waals surface area (Å²) in [7, 11) is 0. The second-order valence-corrected chi connectivity index (χ2v) is 8.36. The largest absolute Gasteiger partial charge is 0.294 e. The molecule has 5 nitrogen and oxygen atoms in total. The van der Waals surface area contributed by atoms with Crippen molar-refractivity contribution in [3.05, 3.63) is 94.1 Å². The first kappa shape index (κ1) is 20.1. The van der Waals surface area contributed by atoms with Gasteiger partial charge in [0.25, 0.3) is 0 Å². The van der Waals surface area contributed by atoms with Crippen LogP contribution in [0.25, 0.3) is 22.6 Å². The molecule has 0 aliphatic carbocycles. The molecule has 3 aromatic heterocycles. The lowest BCUT2D eigenvalue weighted by atomic mass is 10.1. The standard InChI is InChI=1S/C24H19Cl2N5/c25-20-3-2-18(11-21(20)26)22-4-1-16(12-28-22)14-31-10-7-23-19(15-31)13-29-24(30-23)17-5-8-27-9-6-17/h1-6,8-9,11-13H,7,10,14-15H2. The summed E-state index contributed by atoms with van der Waals surface area (Å²) in [4.78, 5) is 20.4.